The molecule has 1 fully saturated rings. The summed E-state index contributed by atoms with van der Waals surface area (Å²) in [5.74, 6) is -0.0921. The second-order valence-electron chi connectivity index (χ2n) is 5.77. The summed E-state index contributed by atoms with van der Waals surface area (Å²) >= 11 is 0. The molecular formula is C16H24N2O4S. The lowest BCUT2D eigenvalue weighted by Gasteiger charge is -2.28. The Balaban J connectivity index is 2.16. The van der Waals surface area contributed by atoms with E-state index in [-0.39, 0.29) is 24.6 Å². The Hall–Kier alpha value is -1.44. The van der Waals surface area contributed by atoms with E-state index in [1.807, 2.05) is 37.3 Å². The van der Waals surface area contributed by atoms with Gasteiger partial charge in [-0.25, -0.2) is 13.1 Å². The highest BCUT2D eigenvalue weighted by atomic mass is 32.2. The van der Waals surface area contributed by atoms with Gasteiger partial charge < -0.3 is 9.64 Å². The van der Waals surface area contributed by atoms with Crippen molar-refractivity contribution >= 4 is 15.9 Å². The molecule has 1 saturated heterocycles. The van der Waals surface area contributed by atoms with Crippen molar-refractivity contribution in [3.63, 3.8) is 0 Å². The molecule has 0 saturated carbocycles. The van der Waals surface area contributed by atoms with Gasteiger partial charge >= 0.3 is 0 Å². The molecule has 1 unspecified atom stereocenters. The van der Waals surface area contributed by atoms with E-state index in [9.17, 15) is 13.2 Å². The first-order valence-electron chi connectivity index (χ1n) is 7.79. The van der Waals surface area contributed by atoms with Crippen molar-refractivity contribution in [2.75, 3.05) is 26.0 Å². The SMILES string of the molecule is CCOCC(=O)N1CCC(NS(C)(=O)=O)[C@@H]1Cc1ccccc1. The summed E-state index contributed by atoms with van der Waals surface area (Å²) in [6, 6.07) is 9.33. The normalized spacial score (nSPS) is 21.6. The molecule has 2 atom stereocenters. The molecule has 1 aliphatic heterocycles. The van der Waals surface area contributed by atoms with E-state index in [2.05, 4.69) is 4.72 Å². The van der Waals surface area contributed by atoms with E-state index in [1.165, 1.54) is 0 Å². The van der Waals surface area contributed by atoms with Crippen LogP contribution < -0.4 is 4.72 Å². The largest absolute Gasteiger partial charge is 0.372 e. The third kappa shape index (κ3) is 5.30. The Kier molecular flexibility index (Phi) is 6.15. The minimum atomic E-state index is -3.32. The predicted molar refractivity (Wildman–Crippen MR) is 88.5 cm³/mol. The average Bonchev–Trinajstić information content (AvgIpc) is 2.87. The standard InChI is InChI=1S/C16H24N2O4S/c1-3-22-12-16(19)18-10-9-14(17-23(2,20)21)15(18)11-13-7-5-4-6-8-13/h4-8,14-15,17H,3,9-12H2,1-2H3/t14?,15-/m0/s1. The van der Waals surface area contributed by atoms with Crippen LogP contribution in [0.3, 0.4) is 0 Å². The second kappa shape index (κ2) is 7.90. The van der Waals surface area contributed by atoms with E-state index < -0.39 is 10.0 Å². The second-order valence-corrected chi connectivity index (χ2v) is 7.55. The summed E-state index contributed by atoms with van der Waals surface area (Å²) in [5, 5.41) is 0. The first kappa shape index (κ1) is 17.9. The van der Waals surface area contributed by atoms with E-state index in [0.29, 0.717) is 26.0 Å². The van der Waals surface area contributed by atoms with Gasteiger partial charge in [-0.1, -0.05) is 30.3 Å². The molecule has 1 aromatic carbocycles. The van der Waals surface area contributed by atoms with Crippen LogP contribution >= 0.6 is 0 Å². The molecule has 1 amide bonds. The maximum Gasteiger partial charge on any atom is 0.248 e. The first-order chi connectivity index (χ1) is 10.9. The molecule has 1 heterocycles. The van der Waals surface area contributed by atoms with Gasteiger partial charge in [0, 0.05) is 19.2 Å². The lowest BCUT2D eigenvalue weighted by Crippen LogP contribution is -2.48. The molecule has 1 N–H and O–H groups in total. The van der Waals surface area contributed by atoms with Crippen molar-refractivity contribution in [2.24, 2.45) is 0 Å². The molecule has 6 nitrogen and oxygen atoms in total. The maximum absolute atomic E-state index is 12.3. The summed E-state index contributed by atoms with van der Waals surface area (Å²) in [7, 11) is -3.32. The monoisotopic (exact) mass is 340 g/mol. The van der Waals surface area contributed by atoms with Gasteiger partial charge in [-0.2, -0.15) is 0 Å². The van der Waals surface area contributed by atoms with Crippen molar-refractivity contribution in [3.8, 4) is 0 Å². The smallest absolute Gasteiger partial charge is 0.248 e. The average molecular weight is 340 g/mol. The zero-order valence-corrected chi connectivity index (χ0v) is 14.4. The highest BCUT2D eigenvalue weighted by Crippen LogP contribution is 2.23. The summed E-state index contributed by atoms with van der Waals surface area (Å²) in [6.07, 6.45) is 2.38. The zero-order valence-electron chi connectivity index (χ0n) is 13.6. The third-order valence-electron chi connectivity index (χ3n) is 3.95. The van der Waals surface area contributed by atoms with Crippen LogP contribution in [0.25, 0.3) is 0 Å². The minimum absolute atomic E-state index is 0.0351. The van der Waals surface area contributed by atoms with Gasteiger partial charge in [0.1, 0.15) is 6.61 Å². The Bertz CT molecular complexity index is 618. The highest BCUT2D eigenvalue weighted by molar-refractivity contribution is 7.88. The fraction of sp³-hybridized carbons (Fsp3) is 0.562. The van der Waals surface area contributed by atoms with Gasteiger partial charge in [0.2, 0.25) is 15.9 Å². The number of hydrogen-bond acceptors (Lipinski definition) is 4. The van der Waals surface area contributed by atoms with Crippen LogP contribution in [-0.4, -0.2) is 57.3 Å². The molecule has 0 radical (unpaired) electrons. The minimum Gasteiger partial charge on any atom is -0.372 e. The summed E-state index contributed by atoms with van der Waals surface area (Å²) < 4.78 is 31.1. The van der Waals surface area contributed by atoms with Crippen LogP contribution in [0, 0.1) is 0 Å². The van der Waals surface area contributed by atoms with Gasteiger partial charge in [0.05, 0.1) is 12.3 Å². The Morgan fingerprint density at radius 3 is 2.65 bits per heavy atom. The summed E-state index contributed by atoms with van der Waals surface area (Å²) in [6.45, 7) is 2.89. The molecule has 0 bridgehead atoms. The number of benzene rings is 1. The zero-order chi connectivity index (χ0) is 16.9. The maximum atomic E-state index is 12.3. The van der Waals surface area contributed by atoms with E-state index in [1.54, 1.807) is 4.90 Å². The number of carbonyl (C=O) groups excluding carboxylic acids is 1. The lowest BCUT2D eigenvalue weighted by molar-refractivity contribution is -0.136. The van der Waals surface area contributed by atoms with Crippen LogP contribution in [0.2, 0.25) is 0 Å². The first-order valence-corrected chi connectivity index (χ1v) is 9.68. The van der Waals surface area contributed by atoms with Gasteiger partial charge in [-0.3, -0.25) is 4.79 Å². The van der Waals surface area contributed by atoms with Crippen molar-refractivity contribution in [1.82, 2.24) is 9.62 Å². The predicted octanol–water partition coefficient (Wildman–Crippen LogP) is 0.784. The molecule has 1 aliphatic rings. The highest BCUT2D eigenvalue weighted by Gasteiger charge is 2.38. The van der Waals surface area contributed by atoms with Gasteiger partial charge in [0.15, 0.2) is 0 Å². The molecule has 0 aliphatic carbocycles. The van der Waals surface area contributed by atoms with Crippen LogP contribution in [0.5, 0.6) is 0 Å². The number of hydrogen-bond donors (Lipinski definition) is 1. The molecule has 128 valence electrons. The summed E-state index contributed by atoms with van der Waals surface area (Å²) in [4.78, 5) is 14.1. The molecule has 0 aromatic heterocycles. The lowest BCUT2D eigenvalue weighted by atomic mass is 10.0. The van der Waals surface area contributed by atoms with Crippen molar-refractivity contribution in [3.05, 3.63) is 35.9 Å². The number of sulfonamides is 1. The van der Waals surface area contributed by atoms with Crippen LogP contribution in [0.1, 0.15) is 18.9 Å². The van der Waals surface area contributed by atoms with E-state index in [0.717, 1.165) is 11.8 Å². The number of rotatable bonds is 7. The number of ether oxygens (including phenoxy) is 1. The quantitative estimate of drug-likeness (QED) is 0.796. The van der Waals surface area contributed by atoms with Gasteiger partial charge in [-0.15, -0.1) is 0 Å². The van der Waals surface area contributed by atoms with Crippen molar-refractivity contribution < 1.29 is 17.9 Å². The molecule has 2 rings (SSSR count). The van der Waals surface area contributed by atoms with Crippen LogP contribution in [-0.2, 0) is 26.0 Å². The number of nitrogens with zero attached hydrogens (tertiary/aromatic N) is 1. The molecule has 23 heavy (non-hydrogen) atoms. The van der Waals surface area contributed by atoms with Gasteiger partial charge in [0.25, 0.3) is 0 Å². The van der Waals surface area contributed by atoms with E-state index >= 15 is 0 Å². The number of amides is 1. The fourth-order valence-corrected chi connectivity index (χ4v) is 3.78. The molecule has 0 spiro atoms. The fourth-order valence-electron chi connectivity index (χ4n) is 2.96. The summed E-state index contributed by atoms with van der Waals surface area (Å²) in [5.41, 5.74) is 1.08. The van der Waals surface area contributed by atoms with Crippen molar-refractivity contribution in [2.45, 2.75) is 31.8 Å². The Labute approximate surface area is 137 Å². The van der Waals surface area contributed by atoms with Crippen LogP contribution in [0.15, 0.2) is 30.3 Å². The number of likely N-dealkylation sites (tertiary alicyclic amines) is 1. The Morgan fingerprint density at radius 2 is 2.04 bits per heavy atom. The molecule has 7 heteroatoms. The van der Waals surface area contributed by atoms with Gasteiger partial charge in [-0.05, 0) is 25.3 Å². The molecular weight excluding hydrogens is 316 g/mol. The Morgan fingerprint density at radius 1 is 1.35 bits per heavy atom. The van der Waals surface area contributed by atoms with Crippen molar-refractivity contribution in [1.29, 1.82) is 0 Å². The topological polar surface area (TPSA) is 75.7 Å². The molecule has 1 aromatic rings. The number of nitrogens with one attached hydrogen (secondary N) is 1. The number of carbonyl (C=O) groups is 1. The van der Waals surface area contributed by atoms with E-state index in [4.69, 9.17) is 4.74 Å². The van der Waals surface area contributed by atoms with Crippen LogP contribution in [0.4, 0.5) is 0 Å². The third-order valence-corrected chi connectivity index (χ3v) is 4.68.